The Labute approximate surface area is 90.5 Å². The summed E-state index contributed by atoms with van der Waals surface area (Å²) in [5.74, 6) is -0.228. The van der Waals surface area contributed by atoms with Crippen LogP contribution in [-0.2, 0) is 9.84 Å². The van der Waals surface area contributed by atoms with Crippen molar-refractivity contribution < 1.29 is 13.5 Å². The van der Waals surface area contributed by atoms with Gasteiger partial charge in [0.05, 0.1) is 5.39 Å². The number of H-pyrrole nitrogens is 1. The number of aromatic amines is 1. The Morgan fingerprint density at radius 2 is 2.06 bits per heavy atom. The Hall–Kier alpha value is -1.89. The first-order valence-electron chi connectivity index (χ1n) is 4.31. The Balaban J connectivity index is 2.97. The Morgan fingerprint density at radius 3 is 2.69 bits per heavy atom. The maximum atomic E-state index is 11.5. The van der Waals surface area contributed by atoms with Gasteiger partial charge in [-0.2, -0.15) is 0 Å². The van der Waals surface area contributed by atoms with Crippen molar-refractivity contribution in [3.8, 4) is 5.75 Å². The van der Waals surface area contributed by atoms with Gasteiger partial charge in [-0.15, -0.1) is 0 Å². The predicted molar refractivity (Wildman–Crippen MR) is 57.1 cm³/mol. The monoisotopic (exact) mass is 240 g/mol. The van der Waals surface area contributed by atoms with E-state index in [2.05, 4.69) is 9.97 Å². The van der Waals surface area contributed by atoms with Gasteiger partial charge in [-0.3, -0.25) is 9.78 Å². The van der Waals surface area contributed by atoms with E-state index in [9.17, 15) is 18.3 Å². The zero-order valence-corrected chi connectivity index (χ0v) is 9.08. The van der Waals surface area contributed by atoms with Crippen molar-refractivity contribution in [3.05, 3.63) is 28.6 Å². The highest BCUT2D eigenvalue weighted by atomic mass is 32.2. The Morgan fingerprint density at radius 1 is 1.38 bits per heavy atom. The van der Waals surface area contributed by atoms with E-state index in [0.29, 0.717) is 0 Å². The highest BCUT2D eigenvalue weighted by Crippen LogP contribution is 2.19. The van der Waals surface area contributed by atoms with Crippen LogP contribution in [0.1, 0.15) is 0 Å². The van der Waals surface area contributed by atoms with Gasteiger partial charge in [-0.05, 0) is 12.1 Å². The van der Waals surface area contributed by atoms with Crippen molar-refractivity contribution in [2.75, 3.05) is 6.26 Å². The first-order chi connectivity index (χ1) is 7.39. The molecule has 0 aliphatic heterocycles. The highest BCUT2D eigenvalue weighted by Gasteiger charge is 2.14. The fourth-order valence-electron chi connectivity index (χ4n) is 1.30. The predicted octanol–water partition coefficient (Wildman–Crippen LogP) is 0.0322. The number of nitrogens with zero attached hydrogens (tertiary/aromatic N) is 1. The third-order valence-corrected chi connectivity index (χ3v) is 2.94. The van der Waals surface area contributed by atoms with Crippen molar-refractivity contribution in [2.24, 2.45) is 0 Å². The summed E-state index contributed by atoms with van der Waals surface area (Å²) in [6.45, 7) is 0. The number of aromatic nitrogens is 2. The molecule has 1 heterocycles. The molecular weight excluding hydrogens is 232 g/mol. The number of para-hydroxylation sites is 1. The number of rotatable bonds is 1. The van der Waals surface area contributed by atoms with E-state index in [-0.39, 0.29) is 16.7 Å². The van der Waals surface area contributed by atoms with Crippen LogP contribution in [0.2, 0.25) is 0 Å². The van der Waals surface area contributed by atoms with Gasteiger partial charge in [0, 0.05) is 6.26 Å². The molecule has 6 nitrogen and oxygen atoms in total. The molecule has 2 aromatic rings. The maximum Gasteiger partial charge on any atom is 0.259 e. The van der Waals surface area contributed by atoms with Crippen LogP contribution in [0.4, 0.5) is 0 Å². The minimum atomic E-state index is -3.61. The lowest BCUT2D eigenvalue weighted by Gasteiger charge is -2.01. The van der Waals surface area contributed by atoms with Gasteiger partial charge in [0.25, 0.3) is 5.56 Å². The second-order valence-corrected chi connectivity index (χ2v) is 5.25. The summed E-state index contributed by atoms with van der Waals surface area (Å²) in [6, 6.07) is 4.27. The van der Waals surface area contributed by atoms with Gasteiger partial charge in [0.1, 0.15) is 11.3 Å². The fraction of sp³-hybridized carbons (Fsp3) is 0.111. The number of fused-ring (bicyclic) bond motifs is 1. The average Bonchev–Trinajstić information content (AvgIpc) is 2.18. The summed E-state index contributed by atoms with van der Waals surface area (Å²) in [5, 5.41) is 9.17. The van der Waals surface area contributed by atoms with E-state index in [1.54, 1.807) is 0 Å². The summed E-state index contributed by atoms with van der Waals surface area (Å²) >= 11 is 0. The molecule has 16 heavy (non-hydrogen) atoms. The molecule has 0 bridgehead atoms. The minimum absolute atomic E-state index is 0.0216. The van der Waals surface area contributed by atoms with Crippen LogP contribution in [0, 0.1) is 0 Å². The third kappa shape index (κ3) is 1.65. The van der Waals surface area contributed by atoms with Crippen LogP contribution in [0.15, 0.2) is 28.2 Å². The lowest BCUT2D eigenvalue weighted by atomic mass is 10.2. The van der Waals surface area contributed by atoms with Crippen molar-refractivity contribution in [3.63, 3.8) is 0 Å². The minimum Gasteiger partial charge on any atom is -0.506 e. The molecule has 0 fully saturated rings. The Bertz CT molecular complexity index is 718. The van der Waals surface area contributed by atoms with Crippen molar-refractivity contribution >= 4 is 20.7 Å². The second-order valence-electron chi connectivity index (χ2n) is 3.32. The van der Waals surface area contributed by atoms with Crippen molar-refractivity contribution in [1.82, 2.24) is 9.97 Å². The molecule has 84 valence electrons. The quantitative estimate of drug-likeness (QED) is 0.685. The van der Waals surface area contributed by atoms with Crippen LogP contribution in [0.25, 0.3) is 10.9 Å². The topological polar surface area (TPSA) is 100 Å². The molecule has 0 aliphatic carbocycles. The maximum absolute atomic E-state index is 11.5. The molecule has 1 aromatic carbocycles. The van der Waals surface area contributed by atoms with Gasteiger partial charge in [0.2, 0.25) is 15.0 Å². The van der Waals surface area contributed by atoms with Crippen LogP contribution < -0.4 is 5.56 Å². The smallest absolute Gasteiger partial charge is 0.259 e. The van der Waals surface area contributed by atoms with Crippen molar-refractivity contribution in [1.29, 1.82) is 0 Å². The van der Waals surface area contributed by atoms with Gasteiger partial charge in [0.15, 0.2) is 0 Å². The number of phenolic OH excluding ortho intramolecular Hbond substituents is 1. The molecule has 0 unspecified atom stereocenters. The fourth-order valence-corrected chi connectivity index (χ4v) is 1.84. The van der Waals surface area contributed by atoms with Gasteiger partial charge >= 0.3 is 0 Å². The zero-order chi connectivity index (χ0) is 11.9. The van der Waals surface area contributed by atoms with E-state index in [4.69, 9.17) is 0 Å². The second kappa shape index (κ2) is 3.31. The van der Waals surface area contributed by atoms with Crippen LogP contribution >= 0.6 is 0 Å². The zero-order valence-electron chi connectivity index (χ0n) is 8.26. The Kier molecular flexibility index (Phi) is 2.20. The number of aromatic hydroxyl groups is 1. The summed E-state index contributed by atoms with van der Waals surface area (Å²) in [5.41, 5.74) is -0.618. The van der Waals surface area contributed by atoms with Crippen LogP contribution in [0.3, 0.4) is 0 Å². The van der Waals surface area contributed by atoms with Crippen LogP contribution in [-0.4, -0.2) is 29.7 Å². The molecule has 0 saturated heterocycles. The molecule has 0 atom stereocenters. The average molecular weight is 240 g/mol. The molecule has 2 N–H and O–H groups in total. The molecule has 1 aromatic heterocycles. The van der Waals surface area contributed by atoms with Gasteiger partial charge in [-0.1, -0.05) is 6.07 Å². The van der Waals surface area contributed by atoms with Crippen LogP contribution in [0.5, 0.6) is 5.75 Å². The normalized spacial score (nSPS) is 11.8. The van der Waals surface area contributed by atoms with E-state index in [1.165, 1.54) is 18.2 Å². The number of nitrogens with one attached hydrogen (secondary N) is 1. The largest absolute Gasteiger partial charge is 0.506 e. The molecule has 0 amide bonds. The third-order valence-electron chi connectivity index (χ3n) is 2.04. The summed E-state index contributed by atoms with van der Waals surface area (Å²) < 4.78 is 22.5. The lowest BCUT2D eigenvalue weighted by molar-refractivity contribution is 0.479. The molecule has 0 spiro atoms. The number of phenols is 1. The number of benzene rings is 1. The summed E-state index contributed by atoms with van der Waals surface area (Å²) in [6.07, 6.45) is 0.928. The van der Waals surface area contributed by atoms with E-state index >= 15 is 0 Å². The van der Waals surface area contributed by atoms with E-state index < -0.39 is 20.6 Å². The number of hydrogen-bond acceptors (Lipinski definition) is 5. The standard InChI is InChI=1S/C9H8N2O4S/c1-16(14,15)9-10-7-5(8(13)11-9)3-2-4-6(7)12/h2-4,12H,1H3,(H,10,11,13). The van der Waals surface area contributed by atoms with Gasteiger partial charge in [-0.25, -0.2) is 13.4 Å². The summed E-state index contributed by atoms with van der Waals surface area (Å²) in [7, 11) is -3.61. The molecule has 0 aliphatic rings. The molecule has 2 rings (SSSR count). The van der Waals surface area contributed by atoms with Crippen molar-refractivity contribution in [2.45, 2.75) is 5.16 Å². The molecule has 0 saturated carbocycles. The highest BCUT2D eigenvalue weighted by molar-refractivity contribution is 7.90. The first-order valence-corrected chi connectivity index (χ1v) is 6.21. The van der Waals surface area contributed by atoms with E-state index in [0.717, 1.165) is 6.26 Å². The molecule has 0 radical (unpaired) electrons. The van der Waals surface area contributed by atoms with Gasteiger partial charge < -0.3 is 5.11 Å². The first kappa shape index (κ1) is 10.6. The molecule has 7 heteroatoms. The number of hydrogen-bond donors (Lipinski definition) is 2. The van der Waals surface area contributed by atoms with E-state index in [1.807, 2.05) is 0 Å². The summed E-state index contributed by atoms with van der Waals surface area (Å²) in [4.78, 5) is 17.4. The SMILES string of the molecule is CS(=O)(=O)c1nc2c(O)cccc2c(=O)[nH]1. The molecular formula is C9H8N2O4S. The lowest BCUT2D eigenvalue weighted by Crippen LogP contribution is -2.15. The number of sulfone groups is 1.